The molecule has 4 amide bonds. The van der Waals surface area contributed by atoms with E-state index in [1.807, 2.05) is 38.1 Å². The summed E-state index contributed by atoms with van der Waals surface area (Å²) in [6.07, 6.45) is 1.98. The predicted molar refractivity (Wildman–Crippen MR) is 143 cm³/mol. The number of halogens is 2. The van der Waals surface area contributed by atoms with Crippen LogP contribution in [-0.2, 0) is 22.6 Å². The molecule has 0 aliphatic carbocycles. The zero-order valence-electron chi connectivity index (χ0n) is 20.2. The molecule has 37 heavy (non-hydrogen) atoms. The summed E-state index contributed by atoms with van der Waals surface area (Å²) in [7, 11) is 0. The first-order valence-electron chi connectivity index (χ1n) is 11.6. The second kappa shape index (κ2) is 11.5. The summed E-state index contributed by atoms with van der Waals surface area (Å²) in [4.78, 5) is 39.6. The van der Waals surface area contributed by atoms with Gasteiger partial charge < -0.3 is 9.47 Å². The van der Waals surface area contributed by atoms with Crippen molar-refractivity contribution in [3.63, 3.8) is 0 Å². The van der Waals surface area contributed by atoms with E-state index >= 15 is 0 Å². The molecule has 190 valence electrons. The molecule has 0 unspecified atom stereocenters. The fraction of sp³-hybridized carbons (Fsp3) is 0.179. The number of anilines is 1. The van der Waals surface area contributed by atoms with E-state index in [-0.39, 0.29) is 17.2 Å². The number of nitrogens with one attached hydrogen (secondary N) is 1. The highest BCUT2D eigenvalue weighted by molar-refractivity contribution is 6.39. The van der Waals surface area contributed by atoms with E-state index in [0.717, 1.165) is 16.0 Å². The van der Waals surface area contributed by atoms with Gasteiger partial charge in [0.05, 0.1) is 17.3 Å². The van der Waals surface area contributed by atoms with Crippen molar-refractivity contribution in [2.45, 2.75) is 26.9 Å². The lowest BCUT2D eigenvalue weighted by Crippen LogP contribution is -2.54. The SMILES string of the molecule is CCOc1cc(/C=C2/C(=O)NC(=O)N(c3ccccc3CC)C2=O)cc(Cl)c1OCc1ccc(Cl)cc1. The summed E-state index contributed by atoms with van der Waals surface area (Å²) >= 11 is 12.5. The maximum absolute atomic E-state index is 13.3. The predicted octanol–water partition coefficient (Wildman–Crippen LogP) is 6.20. The molecule has 1 heterocycles. The normalized spacial score (nSPS) is 14.6. The summed E-state index contributed by atoms with van der Waals surface area (Å²) in [5.74, 6) is -0.846. The van der Waals surface area contributed by atoms with E-state index in [2.05, 4.69) is 5.32 Å². The first-order valence-corrected chi connectivity index (χ1v) is 12.4. The number of hydrogen-bond donors (Lipinski definition) is 1. The Bertz CT molecular complexity index is 1390. The van der Waals surface area contributed by atoms with E-state index in [0.29, 0.717) is 40.8 Å². The number of aryl methyl sites for hydroxylation is 1. The lowest BCUT2D eigenvalue weighted by atomic mass is 10.0. The highest BCUT2D eigenvalue weighted by Crippen LogP contribution is 2.38. The van der Waals surface area contributed by atoms with Crippen LogP contribution in [-0.4, -0.2) is 24.5 Å². The molecule has 1 fully saturated rings. The maximum Gasteiger partial charge on any atom is 0.335 e. The summed E-state index contributed by atoms with van der Waals surface area (Å²) < 4.78 is 11.7. The molecule has 3 aromatic rings. The molecule has 0 radical (unpaired) electrons. The smallest absolute Gasteiger partial charge is 0.335 e. The summed E-state index contributed by atoms with van der Waals surface area (Å²) in [6.45, 7) is 4.30. The number of imide groups is 2. The van der Waals surface area contributed by atoms with Crippen molar-refractivity contribution in [2.75, 3.05) is 11.5 Å². The van der Waals surface area contributed by atoms with Gasteiger partial charge in [-0.1, -0.05) is 60.5 Å². The number of barbiturate groups is 1. The molecule has 0 aromatic heterocycles. The molecule has 1 aliphatic heterocycles. The summed E-state index contributed by atoms with van der Waals surface area (Å²) in [6, 6.07) is 16.6. The van der Waals surface area contributed by atoms with E-state index in [9.17, 15) is 14.4 Å². The van der Waals surface area contributed by atoms with Gasteiger partial charge in [-0.15, -0.1) is 0 Å². The van der Waals surface area contributed by atoms with Crippen LogP contribution < -0.4 is 19.7 Å². The molecule has 0 atom stereocenters. The number of amides is 4. The third-order valence-corrected chi connectivity index (χ3v) is 6.19. The molecular formula is C28H24Cl2N2O5. The number of urea groups is 1. The van der Waals surface area contributed by atoms with Crippen molar-refractivity contribution in [1.82, 2.24) is 5.32 Å². The van der Waals surface area contributed by atoms with E-state index in [1.54, 1.807) is 36.4 Å². The monoisotopic (exact) mass is 538 g/mol. The number of hydrogen-bond acceptors (Lipinski definition) is 5. The first kappa shape index (κ1) is 26.3. The fourth-order valence-corrected chi connectivity index (χ4v) is 4.28. The second-order valence-corrected chi connectivity index (χ2v) is 8.96. The third-order valence-electron chi connectivity index (χ3n) is 5.65. The summed E-state index contributed by atoms with van der Waals surface area (Å²) in [5.41, 5.74) is 2.33. The quantitative estimate of drug-likeness (QED) is 0.272. The maximum atomic E-state index is 13.3. The average Bonchev–Trinajstić information content (AvgIpc) is 2.87. The minimum atomic E-state index is -0.799. The molecule has 7 nitrogen and oxygen atoms in total. The number of carbonyl (C=O) groups is 3. The fourth-order valence-electron chi connectivity index (χ4n) is 3.88. The van der Waals surface area contributed by atoms with Crippen LogP contribution in [0.15, 0.2) is 66.2 Å². The van der Waals surface area contributed by atoms with Crippen molar-refractivity contribution < 1.29 is 23.9 Å². The van der Waals surface area contributed by atoms with E-state index < -0.39 is 17.8 Å². The lowest BCUT2D eigenvalue weighted by molar-refractivity contribution is -0.122. The summed E-state index contributed by atoms with van der Waals surface area (Å²) in [5, 5.41) is 3.10. The second-order valence-electron chi connectivity index (χ2n) is 8.12. The topological polar surface area (TPSA) is 84.9 Å². The van der Waals surface area contributed by atoms with Gasteiger partial charge >= 0.3 is 6.03 Å². The lowest BCUT2D eigenvalue weighted by Gasteiger charge is -2.28. The van der Waals surface area contributed by atoms with Gasteiger partial charge in [0.25, 0.3) is 11.8 Å². The molecule has 3 aromatic carbocycles. The molecular weight excluding hydrogens is 515 g/mol. The number of ether oxygens (including phenoxy) is 2. The highest BCUT2D eigenvalue weighted by atomic mass is 35.5. The average molecular weight is 539 g/mol. The zero-order chi connectivity index (χ0) is 26.5. The van der Waals surface area contributed by atoms with Crippen molar-refractivity contribution in [3.05, 3.63) is 93.0 Å². The minimum absolute atomic E-state index is 0.209. The molecule has 0 bridgehead atoms. The number of benzene rings is 3. The Balaban J connectivity index is 1.67. The van der Waals surface area contributed by atoms with Crippen molar-refractivity contribution >= 4 is 52.8 Å². The number of para-hydroxylation sites is 1. The Morgan fingerprint density at radius 3 is 2.38 bits per heavy atom. The Morgan fingerprint density at radius 2 is 1.68 bits per heavy atom. The van der Waals surface area contributed by atoms with Crippen LogP contribution in [0.2, 0.25) is 10.0 Å². The van der Waals surface area contributed by atoms with Gasteiger partial charge in [0.2, 0.25) is 0 Å². The molecule has 0 saturated carbocycles. The van der Waals surface area contributed by atoms with Crippen LogP contribution in [0, 0.1) is 0 Å². The van der Waals surface area contributed by atoms with Crippen LogP contribution in [0.1, 0.15) is 30.5 Å². The Kier molecular flexibility index (Phi) is 8.16. The standard InChI is InChI=1S/C28H24Cl2N2O5/c1-3-19-7-5-6-8-23(19)32-27(34)21(26(33)31-28(32)35)13-18-14-22(30)25(24(15-18)36-4-2)37-16-17-9-11-20(29)12-10-17/h5-15H,3-4,16H2,1-2H3,(H,31,33,35)/b21-13-. The zero-order valence-corrected chi connectivity index (χ0v) is 21.7. The number of carbonyl (C=O) groups excluding carboxylic acids is 3. The van der Waals surface area contributed by atoms with Crippen LogP contribution in [0.3, 0.4) is 0 Å². The first-order chi connectivity index (χ1) is 17.8. The molecule has 1 saturated heterocycles. The van der Waals surface area contributed by atoms with Gasteiger partial charge in [-0.05, 0) is 66.4 Å². The molecule has 4 rings (SSSR count). The van der Waals surface area contributed by atoms with Crippen LogP contribution in [0.4, 0.5) is 10.5 Å². The van der Waals surface area contributed by atoms with Crippen molar-refractivity contribution in [1.29, 1.82) is 0 Å². The van der Waals surface area contributed by atoms with Gasteiger partial charge in [-0.2, -0.15) is 0 Å². The Hall–Kier alpha value is -3.81. The van der Waals surface area contributed by atoms with Crippen LogP contribution in [0.25, 0.3) is 6.08 Å². The Labute approximate surface area is 224 Å². The van der Waals surface area contributed by atoms with Crippen molar-refractivity contribution in [3.8, 4) is 11.5 Å². The number of rotatable bonds is 8. The van der Waals surface area contributed by atoms with Gasteiger partial charge in [0, 0.05) is 5.02 Å². The van der Waals surface area contributed by atoms with Gasteiger partial charge in [0.1, 0.15) is 12.2 Å². The minimum Gasteiger partial charge on any atom is -0.490 e. The molecule has 1 aliphatic rings. The molecule has 1 N–H and O–H groups in total. The highest BCUT2D eigenvalue weighted by Gasteiger charge is 2.37. The Morgan fingerprint density at radius 1 is 0.946 bits per heavy atom. The van der Waals surface area contributed by atoms with Crippen LogP contribution >= 0.6 is 23.2 Å². The van der Waals surface area contributed by atoms with Gasteiger partial charge in [-0.25, -0.2) is 9.69 Å². The molecule has 0 spiro atoms. The van der Waals surface area contributed by atoms with Gasteiger partial charge in [-0.3, -0.25) is 14.9 Å². The van der Waals surface area contributed by atoms with Crippen LogP contribution in [0.5, 0.6) is 11.5 Å². The number of nitrogens with zero attached hydrogens (tertiary/aromatic N) is 1. The van der Waals surface area contributed by atoms with E-state index in [1.165, 1.54) is 6.08 Å². The third kappa shape index (κ3) is 5.79. The largest absolute Gasteiger partial charge is 0.490 e. The molecule has 9 heteroatoms. The van der Waals surface area contributed by atoms with E-state index in [4.69, 9.17) is 32.7 Å². The van der Waals surface area contributed by atoms with Crippen molar-refractivity contribution in [2.24, 2.45) is 0 Å². The van der Waals surface area contributed by atoms with Gasteiger partial charge in [0.15, 0.2) is 11.5 Å².